The fourth-order valence-electron chi connectivity index (χ4n) is 14.0. The number of hydrogen-bond donors (Lipinski definition) is 12. The molecule has 3 rings (SSSR count). The number of unbranched alkanes of at least 4 members (excludes halogenated alkanes) is 44. The SMILES string of the molecule is CCCCCCC/C=C\C/C=C\C/C=C\CCCCCCCCCCCCCCCCCCCCC(=O)NC(COC1OC(CO)C(OC2OC(CO)C(OC3OC(CO)C(O)C(O)C3O)C(O)C2O)C(O)C1O)C(O)/C=C/CCCCCCCCCCCCCCCCCCCCCCC. The number of hydrogen-bond acceptors (Lipinski definition) is 18. The first-order valence-corrected chi connectivity index (χ1v) is 41.4. The normalized spacial score (nSPS) is 26.5. The van der Waals surface area contributed by atoms with Gasteiger partial charge in [-0.1, -0.05) is 319 Å². The molecule has 17 atom stereocenters. The van der Waals surface area contributed by atoms with Crippen molar-refractivity contribution in [3.63, 3.8) is 0 Å². The monoisotopic (exact) mass is 1440 g/mol. The summed E-state index contributed by atoms with van der Waals surface area (Å²) in [6, 6.07) is -0.974. The largest absolute Gasteiger partial charge is 0.394 e. The van der Waals surface area contributed by atoms with Crippen molar-refractivity contribution in [3.8, 4) is 0 Å². The van der Waals surface area contributed by atoms with Crippen molar-refractivity contribution in [1.82, 2.24) is 5.32 Å². The van der Waals surface area contributed by atoms with E-state index in [-0.39, 0.29) is 18.9 Å². The van der Waals surface area contributed by atoms with Gasteiger partial charge in [0.05, 0.1) is 38.6 Å². The van der Waals surface area contributed by atoms with Crippen molar-refractivity contribution < 1.29 is 89.4 Å². The van der Waals surface area contributed by atoms with Crippen molar-refractivity contribution >= 4 is 5.91 Å². The van der Waals surface area contributed by atoms with E-state index in [1.54, 1.807) is 6.08 Å². The Morgan fingerprint density at radius 3 is 1.02 bits per heavy atom. The number of ether oxygens (including phenoxy) is 6. The summed E-state index contributed by atoms with van der Waals surface area (Å²) >= 11 is 0. The van der Waals surface area contributed by atoms with Crippen LogP contribution in [0.15, 0.2) is 48.6 Å². The van der Waals surface area contributed by atoms with E-state index in [0.717, 1.165) is 57.8 Å². The smallest absolute Gasteiger partial charge is 0.220 e. The van der Waals surface area contributed by atoms with Crippen molar-refractivity contribution in [2.75, 3.05) is 26.4 Å². The Labute approximate surface area is 612 Å². The highest BCUT2D eigenvalue weighted by Gasteiger charge is 2.54. The summed E-state index contributed by atoms with van der Waals surface area (Å²) in [5.41, 5.74) is 0. The van der Waals surface area contributed by atoms with Gasteiger partial charge in [0.1, 0.15) is 73.2 Å². The first kappa shape index (κ1) is 93.0. The van der Waals surface area contributed by atoms with Gasteiger partial charge in [0.25, 0.3) is 0 Å². The quantitative estimate of drug-likeness (QED) is 0.0199. The average Bonchev–Trinajstić information content (AvgIpc) is 0.783. The molecule has 0 aromatic heterocycles. The van der Waals surface area contributed by atoms with Crippen molar-refractivity contribution in [3.05, 3.63) is 48.6 Å². The van der Waals surface area contributed by atoms with Crippen LogP contribution in [0.1, 0.15) is 335 Å². The summed E-state index contributed by atoms with van der Waals surface area (Å²) < 4.78 is 34.5. The summed E-state index contributed by atoms with van der Waals surface area (Å²) in [7, 11) is 0. The lowest BCUT2D eigenvalue weighted by molar-refractivity contribution is -0.379. The van der Waals surface area contributed by atoms with Crippen LogP contribution in [0.2, 0.25) is 0 Å². The Morgan fingerprint density at radius 2 is 0.653 bits per heavy atom. The van der Waals surface area contributed by atoms with Crippen LogP contribution < -0.4 is 5.32 Å². The van der Waals surface area contributed by atoms with Crippen LogP contribution >= 0.6 is 0 Å². The van der Waals surface area contributed by atoms with Gasteiger partial charge in [-0.25, -0.2) is 0 Å². The molecule has 101 heavy (non-hydrogen) atoms. The fraction of sp³-hybridized carbons (Fsp3) is 0.890. The molecule has 0 radical (unpaired) electrons. The lowest BCUT2D eigenvalue weighted by Crippen LogP contribution is -2.66. The lowest BCUT2D eigenvalue weighted by atomic mass is 9.96. The molecule has 0 aromatic carbocycles. The molecule has 592 valence electrons. The number of carbonyl (C=O) groups is 1. The van der Waals surface area contributed by atoms with E-state index in [9.17, 15) is 61.0 Å². The Morgan fingerprint density at radius 1 is 0.356 bits per heavy atom. The molecule has 0 spiro atoms. The molecule has 19 nitrogen and oxygen atoms in total. The van der Waals surface area contributed by atoms with Gasteiger partial charge in [-0.15, -0.1) is 0 Å². The third-order valence-electron chi connectivity index (χ3n) is 20.6. The third-order valence-corrected chi connectivity index (χ3v) is 20.6. The Hall–Kier alpha value is -2.25. The third kappa shape index (κ3) is 42.8. The average molecular weight is 1440 g/mol. The van der Waals surface area contributed by atoms with Crippen LogP contribution in [0.3, 0.4) is 0 Å². The van der Waals surface area contributed by atoms with Gasteiger partial charge in [0.2, 0.25) is 5.91 Å². The second kappa shape index (κ2) is 62.8. The molecule has 12 N–H and O–H groups in total. The zero-order chi connectivity index (χ0) is 73.2. The van der Waals surface area contributed by atoms with E-state index in [1.165, 1.54) is 250 Å². The second-order valence-corrected chi connectivity index (χ2v) is 29.6. The van der Waals surface area contributed by atoms with Crippen LogP contribution in [-0.2, 0) is 33.2 Å². The van der Waals surface area contributed by atoms with E-state index in [4.69, 9.17) is 28.4 Å². The van der Waals surface area contributed by atoms with Gasteiger partial charge >= 0.3 is 0 Å². The first-order valence-electron chi connectivity index (χ1n) is 41.4. The predicted molar refractivity (Wildman–Crippen MR) is 402 cm³/mol. The van der Waals surface area contributed by atoms with Crippen molar-refractivity contribution in [2.45, 2.75) is 439 Å². The molecule has 0 bridgehead atoms. The number of amides is 1. The summed E-state index contributed by atoms with van der Waals surface area (Å²) in [6.45, 7) is 1.77. The second-order valence-electron chi connectivity index (χ2n) is 29.6. The van der Waals surface area contributed by atoms with Gasteiger partial charge in [0, 0.05) is 6.42 Å². The topological polar surface area (TPSA) is 307 Å². The van der Waals surface area contributed by atoms with Gasteiger partial charge in [-0.3, -0.25) is 4.79 Å². The molecular weight excluding hydrogens is 1290 g/mol. The minimum absolute atomic E-state index is 0.245. The van der Waals surface area contributed by atoms with E-state index in [0.29, 0.717) is 6.42 Å². The van der Waals surface area contributed by atoms with E-state index in [2.05, 4.69) is 55.6 Å². The molecule has 3 fully saturated rings. The highest BCUT2D eigenvalue weighted by molar-refractivity contribution is 5.76. The highest BCUT2D eigenvalue weighted by Crippen LogP contribution is 2.33. The van der Waals surface area contributed by atoms with Crippen LogP contribution in [0.25, 0.3) is 0 Å². The molecule has 19 heteroatoms. The fourth-order valence-corrected chi connectivity index (χ4v) is 14.0. The number of allylic oxidation sites excluding steroid dienone is 7. The molecule has 1 amide bonds. The summed E-state index contributed by atoms with van der Waals surface area (Å²) in [6.07, 6.45) is 52.4. The maximum atomic E-state index is 13.5. The number of rotatable bonds is 66. The molecule has 3 saturated heterocycles. The number of aliphatic hydroxyl groups is 11. The van der Waals surface area contributed by atoms with E-state index in [1.807, 2.05) is 6.08 Å². The van der Waals surface area contributed by atoms with Gasteiger partial charge in [-0.2, -0.15) is 0 Å². The van der Waals surface area contributed by atoms with Crippen LogP contribution in [-0.4, -0.2) is 193 Å². The van der Waals surface area contributed by atoms with Crippen molar-refractivity contribution in [1.29, 1.82) is 0 Å². The number of nitrogens with one attached hydrogen (secondary N) is 1. The summed E-state index contributed by atoms with van der Waals surface area (Å²) in [5, 5.41) is 121. The summed E-state index contributed by atoms with van der Waals surface area (Å²) in [5.74, 6) is -0.270. The minimum Gasteiger partial charge on any atom is -0.394 e. The van der Waals surface area contributed by atoms with Gasteiger partial charge in [-0.05, 0) is 57.8 Å². The van der Waals surface area contributed by atoms with Gasteiger partial charge < -0.3 is 89.9 Å². The maximum Gasteiger partial charge on any atom is 0.220 e. The number of carbonyl (C=O) groups excluding carboxylic acids is 1. The summed E-state index contributed by atoms with van der Waals surface area (Å²) in [4.78, 5) is 13.5. The highest BCUT2D eigenvalue weighted by atomic mass is 16.8. The number of aliphatic hydroxyl groups excluding tert-OH is 11. The molecule has 3 heterocycles. The standard InChI is InChI=1S/C82H151NO18/c1-3-5-7-9-11-13-15-17-19-21-23-25-27-28-29-30-31-32-33-34-35-36-38-40-42-44-46-48-50-52-54-56-58-60-70(88)83-65(66(87)59-57-55-53-51-49-47-45-43-41-39-37-26-24-22-20-18-16-14-12-10-8-6-4-2)64-96-80-76(94)73(91)78(68(62-85)98-80)101-82-77(95)74(92)79(69(63-86)99-82)100-81-75(93)72(90)71(89)67(61-84)97-81/h15,17,21,23,27-28,57,59,65-69,71-82,84-87,89-95H,3-14,16,18-20,22,24-26,29-56,58,60-64H2,1-2H3,(H,83,88)/b17-15-,23-21-,28-27-,59-57+. The lowest BCUT2D eigenvalue weighted by Gasteiger charge is -2.48. The van der Waals surface area contributed by atoms with Gasteiger partial charge in [0.15, 0.2) is 18.9 Å². The Balaban J connectivity index is 1.36. The Bertz CT molecular complexity index is 2010. The van der Waals surface area contributed by atoms with Crippen LogP contribution in [0.4, 0.5) is 0 Å². The zero-order valence-electron chi connectivity index (χ0n) is 63.4. The molecule has 0 saturated carbocycles. The minimum atomic E-state index is -1.98. The van der Waals surface area contributed by atoms with Crippen molar-refractivity contribution in [2.24, 2.45) is 0 Å². The molecule has 17 unspecified atom stereocenters. The molecule has 0 aliphatic carbocycles. The first-order chi connectivity index (χ1) is 49.3. The van der Waals surface area contributed by atoms with Crippen LogP contribution in [0, 0.1) is 0 Å². The predicted octanol–water partition coefficient (Wildman–Crippen LogP) is 14.1. The maximum absolute atomic E-state index is 13.5. The molecule has 3 aliphatic rings. The molecular formula is C82H151NO18. The Kier molecular flexibility index (Phi) is 57.8. The van der Waals surface area contributed by atoms with E-state index < -0.39 is 124 Å². The van der Waals surface area contributed by atoms with E-state index >= 15 is 0 Å². The molecule has 0 aromatic rings. The zero-order valence-corrected chi connectivity index (χ0v) is 63.4. The van der Waals surface area contributed by atoms with Crippen LogP contribution in [0.5, 0.6) is 0 Å². The molecule has 3 aliphatic heterocycles.